The summed E-state index contributed by atoms with van der Waals surface area (Å²) in [5, 5.41) is 2.99. The van der Waals surface area contributed by atoms with Gasteiger partial charge in [0.05, 0.1) is 6.61 Å². The van der Waals surface area contributed by atoms with Crippen LogP contribution < -0.4 is 14.8 Å². The smallest absolute Gasteiger partial charge is 0.256 e. The lowest BCUT2D eigenvalue weighted by Gasteiger charge is -2.25. The van der Waals surface area contributed by atoms with E-state index in [1.165, 1.54) is 5.56 Å². The van der Waals surface area contributed by atoms with Gasteiger partial charge in [0.2, 0.25) is 5.88 Å². The number of fused-ring (bicyclic) bond motifs is 1. The molecule has 0 bridgehead atoms. The van der Waals surface area contributed by atoms with Crippen LogP contribution in [-0.4, -0.2) is 24.0 Å². The maximum Gasteiger partial charge on any atom is 0.256 e. The van der Waals surface area contributed by atoms with Crippen LogP contribution in [0.3, 0.4) is 0 Å². The quantitative estimate of drug-likeness (QED) is 0.631. The number of ether oxygens (including phenoxy) is 2. The zero-order valence-corrected chi connectivity index (χ0v) is 16.7. The third-order valence-corrected chi connectivity index (χ3v) is 5.03. The number of hydrogen-bond donors (Lipinski definition) is 1. The number of hydrogen-bond acceptors (Lipinski definition) is 4. The van der Waals surface area contributed by atoms with E-state index in [4.69, 9.17) is 9.47 Å². The van der Waals surface area contributed by atoms with Gasteiger partial charge in [0.15, 0.2) is 0 Å². The molecule has 0 aliphatic carbocycles. The molecule has 0 fully saturated rings. The van der Waals surface area contributed by atoms with Crippen LogP contribution in [0.15, 0.2) is 71.3 Å². The summed E-state index contributed by atoms with van der Waals surface area (Å²) < 4.78 is 12.5. The Morgan fingerprint density at radius 3 is 2.96 bits per heavy atom. The monoisotopic (exact) mass is 438 g/mol. The number of nitrogens with one attached hydrogen (secondary N) is 1. The molecule has 1 N–H and O–H groups in total. The second-order valence-corrected chi connectivity index (χ2v) is 7.53. The van der Waals surface area contributed by atoms with E-state index in [0.29, 0.717) is 24.5 Å². The molecule has 0 saturated heterocycles. The molecule has 2 aromatic carbocycles. The van der Waals surface area contributed by atoms with Crippen molar-refractivity contribution in [3.8, 4) is 17.4 Å². The van der Waals surface area contributed by atoms with Crippen molar-refractivity contribution >= 4 is 21.8 Å². The number of carbonyl (C=O) groups excluding carboxylic acids is 1. The summed E-state index contributed by atoms with van der Waals surface area (Å²) in [7, 11) is 0. The van der Waals surface area contributed by atoms with E-state index in [0.717, 1.165) is 16.6 Å². The molecule has 0 saturated carbocycles. The van der Waals surface area contributed by atoms with Gasteiger partial charge in [0.1, 0.15) is 17.1 Å². The van der Waals surface area contributed by atoms with Crippen molar-refractivity contribution in [3.05, 3.63) is 82.5 Å². The minimum absolute atomic E-state index is 0.211. The highest BCUT2D eigenvalue weighted by atomic mass is 79.9. The predicted molar refractivity (Wildman–Crippen MR) is 110 cm³/mol. The van der Waals surface area contributed by atoms with E-state index in [2.05, 4.69) is 32.3 Å². The molecule has 1 aromatic heterocycles. The van der Waals surface area contributed by atoms with Crippen molar-refractivity contribution in [1.29, 1.82) is 0 Å². The Balaban J connectivity index is 1.41. The van der Waals surface area contributed by atoms with Crippen molar-refractivity contribution in [1.82, 2.24) is 10.3 Å². The Bertz CT molecular complexity index is 993. The third kappa shape index (κ3) is 4.34. The Labute approximate surface area is 171 Å². The molecule has 0 radical (unpaired) electrons. The molecular formula is C22H19BrN2O3. The van der Waals surface area contributed by atoms with Crippen LogP contribution in [0, 0.1) is 5.92 Å². The zero-order chi connectivity index (χ0) is 19.3. The fraction of sp³-hybridized carbons (Fsp3) is 0.182. The zero-order valence-electron chi connectivity index (χ0n) is 15.1. The number of aromatic nitrogens is 1. The lowest BCUT2D eigenvalue weighted by Crippen LogP contribution is -2.35. The summed E-state index contributed by atoms with van der Waals surface area (Å²) in [6, 6.07) is 18.9. The molecule has 4 rings (SSSR count). The summed E-state index contributed by atoms with van der Waals surface area (Å²) in [5.74, 6) is 1.84. The van der Waals surface area contributed by atoms with Gasteiger partial charge >= 0.3 is 0 Å². The molecule has 1 aliphatic rings. The Morgan fingerprint density at radius 2 is 2.07 bits per heavy atom. The Hall–Kier alpha value is -2.86. The van der Waals surface area contributed by atoms with E-state index < -0.39 is 0 Å². The molecular weight excluding hydrogens is 420 g/mol. The summed E-state index contributed by atoms with van der Waals surface area (Å²) in [6.45, 7) is 1.12. The Morgan fingerprint density at radius 1 is 1.18 bits per heavy atom. The van der Waals surface area contributed by atoms with Gasteiger partial charge in [-0.15, -0.1) is 0 Å². The highest BCUT2D eigenvalue weighted by Crippen LogP contribution is 2.27. The topological polar surface area (TPSA) is 60.5 Å². The first-order valence-corrected chi connectivity index (χ1v) is 9.85. The van der Waals surface area contributed by atoms with Gasteiger partial charge in [0, 0.05) is 23.1 Å². The number of nitrogens with zero attached hydrogens (tertiary/aromatic N) is 1. The van der Waals surface area contributed by atoms with Gasteiger partial charge in [-0.3, -0.25) is 4.79 Å². The molecule has 1 amide bonds. The van der Waals surface area contributed by atoms with Gasteiger partial charge < -0.3 is 14.8 Å². The first-order valence-electron chi connectivity index (χ1n) is 9.06. The fourth-order valence-electron chi connectivity index (χ4n) is 3.14. The molecule has 1 atom stereocenters. The molecule has 28 heavy (non-hydrogen) atoms. The number of para-hydroxylation sites is 1. The normalized spacial score (nSPS) is 15.2. The van der Waals surface area contributed by atoms with Crippen molar-refractivity contribution in [2.45, 2.75) is 6.42 Å². The number of halogens is 1. The highest BCUT2D eigenvalue weighted by Gasteiger charge is 2.21. The molecule has 0 spiro atoms. The summed E-state index contributed by atoms with van der Waals surface area (Å²) >= 11 is 3.41. The average molecular weight is 439 g/mol. The van der Waals surface area contributed by atoms with Crippen LogP contribution in [0.4, 0.5) is 0 Å². The second kappa shape index (κ2) is 8.44. The maximum atomic E-state index is 12.7. The average Bonchev–Trinajstić information content (AvgIpc) is 2.72. The lowest BCUT2D eigenvalue weighted by molar-refractivity contribution is 0.0936. The summed E-state index contributed by atoms with van der Waals surface area (Å²) in [6.07, 6.45) is 2.49. The van der Waals surface area contributed by atoms with E-state index >= 15 is 0 Å². The molecule has 1 aliphatic heterocycles. The van der Waals surface area contributed by atoms with Gasteiger partial charge in [-0.1, -0.05) is 40.2 Å². The molecule has 1 unspecified atom stereocenters. The summed E-state index contributed by atoms with van der Waals surface area (Å²) in [4.78, 5) is 17.0. The van der Waals surface area contributed by atoms with Crippen LogP contribution >= 0.6 is 15.9 Å². The minimum atomic E-state index is -0.211. The molecule has 2 heterocycles. The highest BCUT2D eigenvalue weighted by molar-refractivity contribution is 9.10. The van der Waals surface area contributed by atoms with Gasteiger partial charge in [-0.25, -0.2) is 4.98 Å². The molecule has 142 valence electrons. The second-order valence-electron chi connectivity index (χ2n) is 6.61. The minimum Gasteiger partial charge on any atom is -0.493 e. The van der Waals surface area contributed by atoms with E-state index in [1.807, 2.05) is 42.5 Å². The first kappa shape index (κ1) is 18.5. The molecule has 6 heteroatoms. The van der Waals surface area contributed by atoms with Crippen LogP contribution in [0.5, 0.6) is 17.4 Å². The Kier molecular flexibility index (Phi) is 5.58. The van der Waals surface area contributed by atoms with E-state index in [-0.39, 0.29) is 17.7 Å². The summed E-state index contributed by atoms with van der Waals surface area (Å²) in [5.41, 5.74) is 1.58. The SMILES string of the molecule is O=C(NCC1COc2ccccc2C1)c1cccnc1Oc1cccc(Br)c1. The lowest BCUT2D eigenvalue weighted by atomic mass is 9.96. The van der Waals surface area contributed by atoms with Gasteiger partial charge in [-0.2, -0.15) is 0 Å². The number of carbonyl (C=O) groups is 1. The molecule has 5 nitrogen and oxygen atoms in total. The van der Waals surface area contributed by atoms with Gasteiger partial charge in [0.25, 0.3) is 5.91 Å². The van der Waals surface area contributed by atoms with E-state index in [9.17, 15) is 4.79 Å². The van der Waals surface area contributed by atoms with Crippen LogP contribution in [0.1, 0.15) is 15.9 Å². The van der Waals surface area contributed by atoms with E-state index in [1.54, 1.807) is 18.3 Å². The largest absolute Gasteiger partial charge is 0.493 e. The number of pyridine rings is 1. The van der Waals surface area contributed by atoms with Crippen molar-refractivity contribution in [2.24, 2.45) is 5.92 Å². The van der Waals surface area contributed by atoms with Crippen molar-refractivity contribution < 1.29 is 14.3 Å². The number of rotatable bonds is 5. The third-order valence-electron chi connectivity index (χ3n) is 4.53. The van der Waals surface area contributed by atoms with Crippen LogP contribution in [0.2, 0.25) is 0 Å². The standard InChI is InChI=1S/C22H19BrN2O3/c23-17-6-3-7-18(12-17)28-22-19(8-4-10-24-22)21(26)25-13-15-11-16-5-1-2-9-20(16)27-14-15/h1-10,12,15H,11,13-14H2,(H,25,26). The van der Waals surface area contributed by atoms with Crippen molar-refractivity contribution in [3.63, 3.8) is 0 Å². The maximum absolute atomic E-state index is 12.7. The van der Waals surface area contributed by atoms with Crippen LogP contribution in [-0.2, 0) is 6.42 Å². The van der Waals surface area contributed by atoms with Crippen molar-refractivity contribution in [2.75, 3.05) is 13.2 Å². The number of amides is 1. The molecule has 3 aromatic rings. The van der Waals surface area contributed by atoms with Crippen LogP contribution in [0.25, 0.3) is 0 Å². The first-order chi connectivity index (χ1) is 13.7. The van der Waals surface area contributed by atoms with Gasteiger partial charge in [-0.05, 0) is 48.4 Å². The number of benzene rings is 2. The fourth-order valence-corrected chi connectivity index (χ4v) is 3.52. The predicted octanol–water partition coefficient (Wildman–Crippen LogP) is 4.62.